The summed E-state index contributed by atoms with van der Waals surface area (Å²) in [6.45, 7) is 1.60. The normalized spacial score (nSPS) is 24.2. The van der Waals surface area contributed by atoms with Crippen LogP contribution >= 0.6 is 0 Å². The average molecular weight is 238 g/mol. The van der Waals surface area contributed by atoms with Crippen molar-refractivity contribution in [3.8, 4) is 0 Å². The molecule has 0 radical (unpaired) electrons. The fourth-order valence-electron chi connectivity index (χ4n) is 2.70. The fraction of sp³-hybridized carbons (Fsp3) is 0.833. The van der Waals surface area contributed by atoms with E-state index < -0.39 is 0 Å². The van der Waals surface area contributed by atoms with E-state index in [1.54, 1.807) is 0 Å². The summed E-state index contributed by atoms with van der Waals surface area (Å²) in [5.41, 5.74) is 11.3. The molecule has 0 bridgehead atoms. The van der Waals surface area contributed by atoms with Gasteiger partial charge in [0.15, 0.2) is 5.96 Å². The molecule has 4 N–H and O–H groups in total. The van der Waals surface area contributed by atoms with Gasteiger partial charge in [0.1, 0.15) is 0 Å². The number of hydrogen-bond donors (Lipinski definition) is 2. The summed E-state index contributed by atoms with van der Waals surface area (Å²) < 4.78 is 0. The molecule has 0 aromatic carbocycles. The van der Waals surface area contributed by atoms with Gasteiger partial charge >= 0.3 is 0 Å². The van der Waals surface area contributed by atoms with Gasteiger partial charge in [0.05, 0.1) is 6.04 Å². The Morgan fingerprint density at radius 1 is 1.06 bits per heavy atom. The molecule has 2 fully saturated rings. The van der Waals surface area contributed by atoms with Crippen molar-refractivity contribution in [2.45, 2.75) is 44.6 Å². The van der Waals surface area contributed by atoms with Crippen LogP contribution in [0.5, 0.6) is 0 Å². The Kier molecular flexibility index (Phi) is 3.86. The molecule has 0 atom stereocenters. The summed E-state index contributed by atoms with van der Waals surface area (Å²) >= 11 is 0. The summed E-state index contributed by atoms with van der Waals surface area (Å²) in [6, 6.07) is 0.420. The Morgan fingerprint density at radius 3 is 2.18 bits per heavy atom. The van der Waals surface area contributed by atoms with Crippen molar-refractivity contribution >= 4 is 11.9 Å². The van der Waals surface area contributed by atoms with Gasteiger partial charge in [0, 0.05) is 19.0 Å². The molecule has 2 rings (SSSR count). The minimum Gasteiger partial charge on any atom is -0.370 e. The molecule has 0 spiro atoms. The Bertz CT molecular complexity index is 302. The van der Waals surface area contributed by atoms with E-state index in [2.05, 4.69) is 9.89 Å². The van der Waals surface area contributed by atoms with Crippen LogP contribution < -0.4 is 11.5 Å². The molecule has 1 heterocycles. The summed E-state index contributed by atoms with van der Waals surface area (Å²) in [5.74, 6) is 0.487. The zero-order valence-corrected chi connectivity index (χ0v) is 10.3. The molecule has 1 saturated heterocycles. The highest BCUT2D eigenvalue weighted by Crippen LogP contribution is 2.22. The molecular weight excluding hydrogens is 216 g/mol. The second kappa shape index (κ2) is 5.38. The number of piperidine rings is 1. The first kappa shape index (κ1) is 12.2. The second-order valence-corrected chi connectivity index (χ2v) is 5.09. The third-order valence-electron chi connectivity index (χ3n) is 3.86. The van der Waals surface area contributed by atoms with E-state index in [9.17, 15) is 4.79 Å². The number of amides is 1. The van der Waals surface area contributed by atoms with Crippen LogP contribution in [-0.2, 0) is 4.79 Å². The molecule has 5 heteroatoms. The van der Waals surface area contributed by atoms with E-state index in [4.69, 9.17) is 11.5 Å². The fourth-order valence-corrected chi connectivity index (χ4v) is 2.70. The monoisotopic (exact) mass is 238 g/mol. The van der Waals surface area contributed by atoms with Crippen LogP contribution in [-0.4, -0.2) is 35.9 Å². The SMILES string of the molecule is NC(=O)C1CCN(C(N)=NC2CCCC2)CC1. The standard InChI is InChI=1S/C12H22N4O/c13-11(17)9-5-7-16(8-6-9)12(14)15-10-3-1-2-4-10/h9-10H,1-8H2,(H2,13,17)(H2,14,15). The lowest BCUT2D eigenvalue weighted by molar-refractivity contribution is -0.122. The van der Waals surface area contributed by atoms with E-state index in [0.29, 0.717) is 12.0 Å². The van der Waals surface area contributed by atoms with Crippen molar-refractivity contribution in [2.75, 3.05) is 13.1 Å². The molecule has 1 saturated carbocycles. The largest absolute Gasteiger partial charge is 0.370 e. The molecule has 0 aromatic heterocycles. The molecule has 96 valence electrons. The van der Waals surface area contributed by atoms with Gasteiger partial charge in [-0.05, 0) is 25.7 Å². The van der Waals surface area contributed by atoms with E-state index in [1.807, 2.05) is 0 Å². The van der Waals surface area contributed by atoms with Gasteiger partial charge in [-0.2, -0.15) is 0 Å². The molecule has 0 unspecified atom stereocenters. The van der Waals surface area contributed by atoms with E-state index in [-0.39, 0.29) is 11.8 Å². The number of carbonyl (C=O) groups is 1. The molecule has 1 aliphatic heterocycles. The van der Waals surface area contributed by atoms with Crippen LogP contribution in [0.4, 0.5) is 0 Å². The first-order chi connectivity index (χ1) is 8.16. The molecule has 0 aromatic rings. The van der Waals surface area contributed by atoms with Gasteiger partial charge in [0.2, 0.25) is 5.91 Å². The number of nitrogens with two attached hydrogens (primary N) is 2. The van der Waals surface area contributed by atoms with Crippen molar-refractivity contribution in [3.05, 3.63) is 0 Å². The van der Waals surface area contributed by atoms with Crippen LogP contribution in [0.3, 0.4) is 0 Å². The van der Waals surface area contributed by atoms with Gasteiger partial charge in [-0.15, -0.1) is 0 Å². The van der Waals surface area contributed by atoms with Gasteiger partial charge in [-0.1, -0.05) is 12.8 Å². The molecule has 2 aliphatic rings. The lowest BCUT2D eigenvalue weighted by Gasteiger charge is -2.31. The Hall–Kier alpha value is -1.26. The van der Waals surface area contributed by atoms with Gasteiger partial charge in [0.25, 0.3) is 0 Å². The second-order valence-electron chi connectivity index (χ2n) is 5.09. The third kappa shape index (κ3) is 3.11. The molecule has 1 amide bonds. The Labute approximate surface area is 102 Å². The maximum atomic E-state index is 11.1. The Morgan fingerprint density at radius 2 is 1.65 bits per heavy atom. The van der Waals surface area contributed by atoms with Crippen molar-refractivity contribution in [1.29, 1.82) is 0 Å². The summed E-state index contributed by atoms with van der Waals surface area (Å²) in [5, 5.41) is 0. The van der Waals surface area contributed by atoms with Gasteiger partial charge in [-0.3, -0.25) is 4.79 Å². The van der Waals surface area contributed by atoms with E-state index in [0.717, 1.165) is 25.9 Å². The molecule has 1 aliphatic carbocycles. The maximum absolute atomic E-state index is 11.1. The highest BCUT2D eigenvalue weighted by Gasteiger charge is 2.24. The predicted octanol–water partition coefficient (Wildman–Crippen LogP) is 0.441. The number of aliphatic imine (C=N–C) groups is 1. The highest BCUT2D eigenvalue weighted by molar-refractivity contribution is 5.80. The van der Waals surface area contributed by atoms with Crippen LogP contribution in [0.2, 0.25) is 0 Å². The van der Waals surface area contributed by atoms with Crippen LogP contribution in [0.25, 0.3) is 0 Å². The number of guanidine groups is 1. The summed E-state index contributed by atoms with van der Waals surface area (Å²) in [4.78, 5) is 17.7. The Balaban J connectivity index is 1.85. The number of likely N-dealkylation sites (tertiary alicyclic amines) is 1. The van der Waals surface area contributed by atoms with Crippen molar-refractivity contribution in [2.24, 2.45) is 22.4 Å². The van der Waals surface area contributed by atoms with Crippen LogP contribution in [0, 0.1) is 5.92 Å². The van der Waals surface area contributed by atoms with Crippen LogP contribution in [0.15, 0.2) is 4.99 Å². The smallest absolute Gasteiger partial charge is 0.220 e. The lowest BCUT2D eigenvalue weighted by atomic mass is 9.96. The number of carbonyl (C=O) groups excluding carboxylic acids is 1. The quantitative estimate of drug-likeness (QED) is 0.541. The first-order valence-electron chi connectivity index (χ1n) is 6.54. The van der Waals surface area contributed by atoms with Crippen molar-refractivity contribution in [3.63, 3.8) is 0 Å². The third-order valence-corrected chi connectivity index (χ3v) is 3.86. The summed E-state index contributed by atoms with van der Waals surface area (Å²) in [7, 11) is 0. The zero-order valence-electron chi connectivity index (χ0n) is 10.3. The van der Waals surface area contributed by atoms with Crippen LogP contribution in [0.1, 0.15) is 38.5 Å². The molecule has 5 nitrogen and oxygen atoms in total. The van der Waals surface area contributed by atoms with E-state index in [1.165, 1.54) is 25.7 Å². The number of nitrogens with zero attached hydrogens (tertiary/aromatic N) is 2. The van der Waals surface area contributed by atoms with Crippen molar-refractivity contribution < 1.29 is 4.79 Å². The predicted molar refractivity (Wildman–Crippen MR) is 67.4 cm³/mol. The summed E-state index contributed by atoms with van der Waals surface area (Å²) in [6.07, 6.45) is 6.47. The topological polar surface area (TPSA) is 84.7 Å². The first-order valence-corrected chi connectivity index (χ1v) is 6.54. The number of rotatable bonds is 2. The molecule has 17 heavy (non-hydrogen) atoms. The minimum absolute atomic E-state index is 0.0190. The zero-order chi connectivity index (χ0) is 12.3. The number of hydrogen-bond acceptors (Lipinski definition) is 2. The number of primary amides is 1. The average Bonchev–Trinajstić information content (AvgIpc) is 2.82. The minimum atomic E-state index is -0.184. The van der Waals surface area contributed by atoms with Crippen molar-refractivity contribution in [1.82, 2.24) is 4.90 Å². The van der Waals surface area contributed by atoms with E-state index >= 15 is 0 Å². The van der Waals surface area contributed by atoms with Gasteiger partial charge in [-0.25, -0.2) is 4.99 Å². The lowest BCUT2D eigenvalue weighted by Crippen LogP contribution is -2.45. The molecular formula is C12H22N4O. The van der Waals surface area contributed by atoms with Gasteiger partial charge < -0.3 is 16.4 Å². The highest BCUT2D eigenvalue weighted by atomic mass is 16.1. The maximum Gasteiger partial charge on any atom is 0.220 e.